The second-order valence-corrected chi connectivity index (χ2v) is 16.0. The molecule has 0 aliphatic carbocycles. The Balaban J connectivity index is 1.08. The second kappa shape index (κ2) is 15.5. The third-order valence-corrected chi connectivity index (χ3v) is 10.0. The van der Waals surface area contributed by atoms with E-state index in [1.54, 1.807) is 0 Å². The van der Waals surface area contributed by atoms with Gasteiger partial charge in [0.2, 0.25) is 0 Å². The average molecular weight is 703 g/mol. The fraction of sp³-hybridized carbons (Fsp3) is 0.154. The molecule has 0 atom stereocenters. The van der Waals surface area contributed by atoms with Gasteiger partial charge < -0.3 is 9.80 Å². The molecule has 0 N–H and O–H groups in total. The van der Waals surface area contributed by atoms with E-state index in [2.05, 4.69) is 245 Å². The Morgan fingerprint density at radius 2 is 0.556 bits per heavy atom. The fourth-order valence-electron chi connectivity index (χ4n) is 6.79. The molecule has 0 bridgehead atoms. The Morgan fingerprint density at radius 3 is 0.889 bits per heavy atom. The summed E-state index contributed by atoms with van der Waals surface area (Å²) in [6, 6.07) is 65.5. The maximum absolute atomic E-state index is 2.35. The lowest BCUT2D eigenvalue weighted by atomic mass is 9.86. The number of benzene rings is 7. The van der Waals surface area contributed by atoms with Crippen molar-refractivity contribution in [3.8, 4) is 11.1 Å². The normalized spacial score (nSPS) is 11.8. The molecule has 0 radical (unpaired) electrons. The second-order valence-electron chi connectivity index (χ2n) is 16.0. The minimum Gasteiger partial charge on any atom is -0.311 e. The van der Waals surface area contributed by atoms with Crippen molar-refractivity contribution < 1.29 is 0 Å². The molecule has 0 spiro atoms. The summed E-state index contributed by atoms with van der Waals surface area (Å²) >= 11 is 0. The van der Waals surface area contributed by atoms with Gasteiger partial charge in [0.25, 0.3) is 0 Å². The van der Waals surface area contributed by atoms with Crippen molar-refractivity contribution in [1.82, 2.24) is 0 Å². The maximum atomic E-state index is 2.35. The highest BCUT2D eigenvalue weighted by atomic mass is 15.1. The van der Waals surface area contributed by atoms with Crippen LogP contribution in [0, 0.1) is 0 Å². The lowest BCUT2D eigenvalue weighted by Crippen LogP contribution is -2.14. The van der Waals surface area contributed by atoms with E-state index in [0.717, 1.165) is 39.7 Å². The van der Waals surface area contributed by atoms with Gasteiger partial charge in [-0.3, -0.25) is 0 Å². The van der Waals surface area contributed by atoms with Crippen molar-refractivity contribution >= 4 is 46.3 Å². The molecule has 7 aromatic rings. The predicted molar refractivity (Wildman–Crippen MR) is 234 cm³/mol. The van der Waals surface area contributed by atoms with Gasteiger partial charge in [-0.25, -0.2) is 0 Å². The molecule has 2 heteroatoms. The van der Waals surface area contributed by atoms with Crippen molar-refractivity contribution in [2.24, 2.45) is 0 Å². The summed E-state index contributed by atoms with van der Waals surface area (Å²) in [7, 11) is 0. The van der Waals surface area contributed by atoms with Crippen LogP contribution in [0.2, 0.25) is 0 Å². The molecule has 0 amide bonds. The molecule has 0 heterocycles. The van der Waals surface area contributed by atoms with E-state index in [9.17, 15) is 0 Å². The van der Waals surface area contributed by atoms with Crippen molar-refractivity contribution in [2.45, 2.75) is 52.4 Å². The van der Waals surface area contributed by atoms with E-state index < -0.39 is 0 Å². The molecule has 0 saturated heterocycles. The summed E-state index contributed by atoms with van der Waals surface area (Å²) in [5.41, 5.74) is 14.4. The highest BCUT2D eigenvalue weighted by Gasteiger charge is 2.18. The van der Waals surface area contributed by atoms with E-state index in [1.165, 1.54) is 27.8 Å². The molecule has 54 heavy (non-hydrogen) atoms. The first kappa shape index (κ1) is 36.2. The summed E-state index contributed by atoms with van der Waals surface area (Å²) in [6.07, 6.45) is 4.38. The van der Waals surface area contributed by atoms with Gasteiger partial charge in [-0.2, -0.15) is 0 Å². The minimum atomic E-state index is 0.103. The van der Waals surface area contributed by atoms with Crippen LogP contribution < -0.4 is 9.80 Å². The van der Waals surface area contributed by atoms with Gasteiger partial charge in [0.1, 0.15) is 0 Å². The molecule has 7 rings (SSSR count). The maximum Gasteiger partial charge on any atom is 0.0462 e. The summed E-state index contributed by atoms with van der Waals surface area (Å²) in [4.78, 5) is 4.63. The molecule has 0 aromatic heterocycles. The first-order valence-corrected chi connectivity index (χ1v) is 18.9. The van der Waals surface area contributed by atoms with Crippen molar-refractivity contribution in [2.75, 3.05) is 9.80 Å². The Hall–Kier alpha value is -6.12. The molecular weight excluding hydrogens is 653 g/mol. The van der Waals surface area contributed by atoms with Crippen LogP contribution in [-0.4, -0.2) is 0 Å². The molecule has 0 unspecified atom stereocenters. The van der Waals surface area contributed by atoms with E-state index >= 15 is 0 Å². The summed E-state index contributed by atoms with van der Waals surface area (Å²) in [6.45, 7) is 13.6. The Labute approximate surface area is 322 Å². The van der Waals surface area contributed by atoms with E-state index in [-0.39, 0.29) is 10.8 Å². The standard InChI is InChI=1S/C52H50N2/c1-51(2,3)43-27-35-49(36-28-43)54(50-37-29-44(30-38-50)52(4,5)6)47-31-21-40(22-32-47)18-17-39-19-23-41(24-20-39)42-25-33-48(34-26-42)53(45-13-9-7-10-14-45)46-15-11-8-12-16-46/h7-38H,1-6H3/b18-17+. The molecule has 0 aliphatic rings. The van der Waals surface area contributed by atoms with Gasteiger partial charge in [0.15, 0.2) is 0 Å². The minimum absolute atomic E-state index is 0.103. The number of hydrogen-bond donors (Lipinski definition) is 0. The van der Waals surface area contributed by atoms with Crippen molar-refractivity contribution in [3.05, 3.63) is 204 Å². The van der Waals surface area contributed by atoms with E-state index in [1.807, 2.05) is 0 Å². The first-order chi connectivity index (χ1) is 26.0. The molecule has 0 saturated carbocycles. The van der Waals surface area contributed by atoms with Crippen molar-refractivity contribution in [1.29, 1.82) is 0 Å². The lowest BCUT2D eigenvalue weighted by Gasteiger charge is -2.28. The Bertz CT molecular complexity index is 2170. The summed E-state index contributed by atoms with van der Waals surface area (Å²) in [5.74, 6) is 0. The van der Waals surface area contributed by atoms with Crippen LogP contribution in [0.1, 0.15) is 63.8 Å². The number of hydrogen-bond acceptors (Lipinski definition) is 2. The number of rotatable bonds is 9. The van der Waals surface area contributed by atoms with Crippen LogP contribution in [0.15, 0.2) is 182 Å². The summed E-state index contributed by atoms with van der Waals surface area (Å²) in [5, 5.41) is 0. The van der Waals surface area contributed by atoms with Gasteiger partial charge >= 0.3 is 0 Å². The van der Waals surface area contributed by atoms with Crippen LogP contribution in [-0.2, 0) is 10.8 Å². The average Bonchev–Trinajstić information content (AvgIpc) is 3.19. The monoisotopic (exact) mass is 702 g/mol. The number of anilines is 6. The third kappa shape index (κ3) is 8.40. The molecule has 7 aromatic carbocycles. The van der Waals surface area contributed by atoms with Crippen LogP contribution in [0.3, 0.4) is 0 Å². The van der Waals surface area contributed by atoms with Crippen LogP contribution >= 0.6 is 0 Å². The molecular formula is C52H50N2. The zero-order valence-electron chi connectivity index (χ0n) is 32.4. The zero-order valence-corrected chi connectivity index (χ0v) is 32.4. The van der Waals surface area contributed by atoms with Crippen LogP contribution in [0.5, 0.6) is 0 Å². The predicted octanol–water partition coefficient (Wildman–Crippen LogP) is 15.1. The fourth-order valence-corrected chi connectivity index (χ4v) is 6.79. The van der Waals surface area contributed by atoms with Crippen LogP contribution in [0.4, 0.5) is 34.1 Å². The highest BCUT2D eigenvalue weighted by molar-refractivity contribution is 5.80. The molecule has 2 nitrogen and oxygen atoms in total. The quantitative estimate of drug-likeness (QED) is 0.138. The summed E-state index contributed by atoms with van der Waals surface area (Å²) < 4.78 is 0. The number of nitrogens with zero attached hydrogens (tertiary/aromatic N) is 2. The smallest absolute Gasteiger partial charge is 0.0462 e. The van der Waals surface area contributed by atoms with Gasteiger partial charge in [-0.1, -0.05) is 163 Å². The first-order valence-electron chi connectivity index (χ1n) is 18.9. The van der Waals surface area contributed by atoms with E-state index in [4.69, 9.17) is 0 Å². The third-order valence-electron chi connectivity index (χ3n) is 10.0. The zero-order chi connectivity index (χ0) is 37.7. The topological polar surface area (TPSA) is 6.48 Å². The lowest BCUT2D eigenvalue weighted by molar-refractivity contribution is 0.590. The Morgan fingerprint density at radius 1 is 0.296 bits per heavy atom. The largest absolute Gasteiger partial charge is 0.311 e. The SMILES string of the molecule is CC(C)(C)c1ccc(N(c2ccc(/C=C/c3ccc(-c4ccc(N(c5ccccc5)c5ccccc5)cc4)cc3)cc2)c2ccc(C(C)(C)C)cc2)cc1. The van der Waals surface area contributed by atoms with Crippen LogP contribution in [0.25, 0.3) is 23.3 Å². The van der Waals surface area contributed by atoms with Gasteiger partial charge in [0.05, 0.1) is 0 Å². The Kier molecular flexibility index (Phi) is 10.4. The van der Waals surface area contributed by atoms with Gasteiger partial charge in [-0.05, 0) is 117 Å². The molecule has 0 fully saturated rings. The molecule has 268 valence electrons. The van der Waals surface area contributed by atoms with Gasteiger partial charge in [-0.15, -0.1) is 0 Å². The molecule has 0 aliphatic heterocycles. The van der Waals surface area contributed by atoms with Gasteiger partial charge in [0, 0.05) is 34.1 Å². The van der Waals surface area contributed by atoms with Crippen molar-refractivity contribution in [3.63, 3.8) is 0 Å². The van der Waals surface area contributed by atoms with E-state index in [0.29, 0.717) is 0 Å². The highest BCUT2D eigenvalue weighted by Crippen LogP contribution is 2.38. The number of para-hydroxylation sites is 2.